The summed E-state index contributed by atoms with van der Waals surface area (Å²) in [5.74, 6) is -0.818. The molecule has 1 aromatic carbocycles. The first-order chi connectivity index (χ1) is 12.0. The van der Waals surface area contributed by atoms with E-state index in [2.05, 4.69) is 28.3 Å². The van der Waals surface area contributed by atoms with Crippen molar-refractivity contribution in [2.45, 2.75) is 12.8 Å². The maximum Gasteiger partial charge on any atom is 0.259 e. The molecule has 1 aromatic heterocycles. The smallest absolute Gasteiger partial charge is 0.259 e. The maximum atomic E-state index is 13.8. The number of piperidine rings is 1. The SMILES string of the molecule is CN1CCC(=Cc2cccc(NC(=O)c3ccc(Cl)cc3F)n2)CC1. The number of benzene rings is 1. The van der Waals surface area contributed by atoms with Crippen molar-refractivity contribution in [1.82, 2.24) is 9.88 Å². The Bertz CT molecular complexity index is 812. The highest BCUT2D eigenvalue weighted by Crippen LogP contribution is 2.19. The van der Waals surface area contributed by atoms with Crippen molar-refractivity contribution in [3.63, 3.8) is 0 Å². The molecule has 0 atom stereocenters. The lowest BCUT2D eigenvalue weighted by Crippen LogP contribution is -2.26. The number of pyridine rings is 1. The lowest BCUT2D eigenvalue weighted by atomic mass is 10.0. The van der Waals surface area contributed by atoms with Crippen LogP contribution in [-0.2, 0) is 0 Å². The first kappa shape index (κ1) is 17.6. The van der Waals surface area contributed by atoms with Gasteiger partial charge in [-0.25, -0.2) is 9.37 Å². The molecule has 1 aliphatic rings. The highest BCUT2D eigenvalue weighted by molar-refractivity contribution is 6.30. The fourth-order valence-corrected chi connectivity index (χ4v) is 2.88. The fraction of sp³-hybridized carbons (Fsp3) is 0.263. The molecule has 6 heteroatoms. The molecule has 3 rings (SSSR count). The van der Waals surface area contributed by atoms with Crippen molar-refractivity contribution in [2.75, 3.05) is 25.5 Å². The third kappa shape index (κ3) is 4.65. The van der Waals surface area contributed by atoms with Crippen LogP contribution in [0.15, 0.2) is 42.0 Å². The number of carbonyl (C=O) groups is 1. The second-order valence-corrected chi connectivity index (χ2v) is 6.57. The number of hydrogen-bond donors (Lipinski definition) is 1. The predicted molar refractivity (Wildman–Crippen MR) is 98.3 cm³/mol. The fourth-order valence-electron chi connectivity index (χ4n) is 2.72. The summed E-state index contributed by atoms with van der Waals surface area (Å²) in [6.07, 6.45) is 4.10. The second-order valence-electron chi connectivity index (χ2n) is 6.13. The normalized spacial score (nSPS) is 15.1. The van der Waals surface area contributed by atoms with Crippen molar-refractivity contribution in [3.05, 3.63) is 64.1 Å². The third-order valence-electron chi connectivity index (χ3n) is 4.17. The van der Waals surface area contributed by atoms with Crippen molar-refractivity contribution in [3.8, 4) is 0 Å². The minimum absolute atomic E-state index is 0.0646. The van der Waals surface area contributed by atoms with Crippen molar-refractivity contribution < 1.29 is 9.18 Å². The molecule has 4 nitrogen and oxygen atoms in total. The summed E-state index contributed by atoms with van der Waals surface area (Å²) in [7, 11) is 2.11. The Morgan fingerprint density at radius 3 is 2.76 bits per heavy atom. The molecular formula is C19H19ClFN3O. The molecule has 2 heterocycles. The van der Waals surface area contributed by atoms with E-state index in [-0.39, 0.29) is 10.6 Å². The number of rotatable bonds is 3. The number of hydrogen-bond acceptors (Lipinski definition) is 3. The van der Waals surface area contributed by atoms with E-state index >= 15 is 0 Å². The van der Waals surface area contributed by atoms with Gasteiger partial charge in [0.1, 0.15) is 11.6 Å². The molecule has 1 amide bonds. The quantitative estimate of drug-likeness (QED) is 0.891. The predicted octanol–water partition coefficient (Wildman–Crippen LogP) is 4.24. The van der Waals surface area contributed by atoms with Crippen molar-refractivity contribution in [2.24, 2.45) is 0 Å². The average molecular weight is 360 g/mol. The number of halogens is 2. The van der Waals surface area contributed by atoms with Crippen LogP contribution < -0.4 is 5.32 Å². The van der Waals surface area contributed by atoms with Gasteiger partial charge in [0.05, 0.1) is 11.3 Å². The molecule has 25 heavy (non-hydrogen) atoms. The Morgan fingerprint density at radius 1 is 1.28 bits per heavy atom. The first-order valence-electron chi connectivity index (χ1n) is 8.13. The monoisotopic (exact) mass is 359 g/mol. The van der Waals surface area contributed by atoms with Crippen LogP contribution in [0.25, 0.3) is 6.08 Å². The van der Waals surface area contributed by atoms with Gasteiger partial charge < -0.3 is 10.2 Å². The lowest BCUT2D eigenvalue weighted by molar-refractivity contribution is 0.102. The summed E-state index contributed by atoms with van der Waals surface area (Å²) in [5.41, 5.74) is 2.07. The molecule has 0 radical (unpaired) electrons. The van der Waals surface area contributed by atoms with Gasteiger partial charge in [-0.3, -0.25) is 4.79 Å². The molecule has 2 aromatic rings. The average Bonchev–Trinajstić information content (AvgIpc) is 2.57. The highest BCUT2D eigenvalue weighted by Gasteiger charge is 2.13. The Labute approximate surface area is 151 Å². The highest BCUT2D eigenvalue weighted by atomic mass is 35.5. The molecular weight excluding hydrogens is 341 g/mol. The zero-order valence-electron chi connectivity index (χ0n) is 13.9. The van der Waals surface area contributed by atoms with Crippen LogP contribution in [0, 0.1) is 5.82 Å². The topological polar surface area (TPSA) is 45.2 Å². The van der Waals surface area contributed by atoms with Crippen LogP contribution in [0.3, 0.4) is 0 Å². The molecule has 0 bridgehead atoms. The van der Waals surface area contributed by atoms with E-state index in [0.717, 1.165) is 37.7 Å². The lowest BCUT2D eigenvalue weighted by Gasteiger charge is -2.23. The zero-order valence-corrected chi connectivity index (χ0v) is 14.7. The van der Waals surface area contributed by atoms with Gasteiger partial charge in [-0.05, 0) is 56.3 Å². The van der Waals surface area contributed by atoms with Gasteiger partial charge in [-0.15, -0.1) is 0 Å². The van der Waals surface area contributed by atoms with E-state index in [9.17, 15) is 9.18 Å². The molecule has 0 saturated carbocycles. The van der Waals surface area contributed by atoms with Crippen molar-refractivity contribution >= 4 is 29.4 Å². The number of aromatic nitrogens is 1. The Balaban J connectivity index is 1.73. The molecule has 1 fully saturated rings. The van der Waals surface area contributed by atoms with E-state index in [0.29, 0.717) is 5.82 Å². The number of likely N-dealkylation sites (tertiary alicyclic amines) is 1. The summed E-state index contributed by atoms with van der Waals surface area (Å²) in [6, 6.07) is 9.35. The first-order valence-corrected chi connectivity index (χ1v) is 8.50. The number of nitrogens with one attached hydrogen (secondary N) is 1. The molecule has 1 aliphatic heterocycles. The minimum atomic E-state index is -0.658. The maximum absolute atomic E-state index is 13.8. The zero-order chi connectivity index (χ0) is 17.8. The summed E-state index contributed by atoms with van der Waals surface area (Å²) >= 11 is 5.71. The number of carbonyl (C=O) groups excluding carboxylic acids is 1. The number of amides is 1. The Morgan fingerprint density at radius 2 is 2.04 bits per heavy atom. The Hall–Kier alpha value is -2.24. The second kappa shape index (κ2) is 7.76. The van der Waals surface area contributed by atoms with Gasteiger partial charge in [-0.2, -0.15) is 0 Å². The third-order valence-corrected chi connectivity index (χ3v) is 4.40. The van der Waals surface area contributed by atoms with Gasteiger partial charge in [0.25, 0.3) is 5.91 Å². The van der Waals surface area contributed by atoms with E-state index < -0.39 is 11.7 Å². The summed E-state index contributed by atoms with van der Waals surface area (Å²) in [4.78, 5) is 19.0. The van der Waals surface area contributed by atoms with Crippen LogP contribution in [-0.4, -0.2) is 35.9 Å². The van der Waals surface area contributed by atoms with Gasteiger partial charge in [0.2, 0.25) is 0 Å². The minimum Gasteiger partial charge on any atom is -0.306 e. The molecule has 1 saturated heterocycles. The van der Waals surface area contributed by atoms with Crippen LogP contribution in [0.4, 0.5) is 10.2 Å². The summed E-state index contributed by atoms with van der Waals surface area (Å²) in [6.45, 7) is 2.08. The molecule has 1 N–H and O–H groups in total. The van der Waals surface area contributed by atoms with Crippen LogP contribution in [0.5, 0.6) is 0 Å². The van der Waals surface area contributed by atoms with Gasteiger partial charge >= 0.3 is 0 Å². The number of nitrogens with zero attached hydrogens (tertiary/aromatic N) is 2. The molecule has 130 valence electrons. The van der Waals surface area contributed by atoms with Gasteiger partial charge in [-0.1, -0.05) is 23.2 Å². The molecule has 0 unspecified atom stereocenters. The largest absolute Gasteiger partial charge is 0.306 e. The number of anilines is 1. The van der Waals surface area contributed by atoms with E-state index in [1.165, 1.54) is 17.7 Å². The van der Waals surface area contributed by atoms with Gasteiger partial charge in [0.15, 0.2) is 0 Å². The Kier molecular flexibility index (Phi) is 5.46. The summed E-state index contributed by atoms with van der Waals surface area (Å²) < 4.78 is 13.8. The van der Waals surface area contributed by atoms with Crippen molar-refractivity contribution in [1.29, 1.82) is 0 Å². The molecule has 0 spiro atoms. The van der Waals surface area contributed by atoms with E-state index in [4.69, 9.17) is 11.6 Å². The van der Waals surface area contributed by atoms with Crippen LogP contribution in [0.1, 0.15) is 28.9 Å². The van der Waals surface area contributed by atoms with Gasteiger partial charge in [0, 0.05) is 18.1 Å². The molecule has 0 aliphatic carbocycles. The standard InChI is InChI=1S/C19H19ClFN3O/c1-24-9-7-13(8-10-24)11-15-3-2-4-18(22-15)23-19(25)16-6-5-14(20)12-17(16)21/h2-6,11-12H,7-10H2,1H3,(H,22,23,25). The summed E-state index contributed by atoms with van der Waals surface area (Å²) in [5, 5.41) is 2.88. The van der Waals surface area contributed by atoms with Crippen LogP contribution >= 0.6 is 11.6 Å². The van der Waals surface area contributed by atoms with Crippen LogP contribution in [0.2, 0.25) is 5.02 Å². The van der Waals surface area contributed by atoms with E-state index in [1.54, 1.807) is 6.07 Å². The van der Waals surface area contributed by atoms with E-state index in [1.807, 2.05) is 12.1 Å².